The van der Waals surface area contributed by atoms with Gasteiger partial charge in [-0.15, -0.1) is 0 Å². The number of aliphatic hydroxyl groups excluding tert-OH is 1. The maximum atomic E-state index is 8.69. The first kappa shape index (κ1) is 12.9. The monoisotopic (exact) mass is 242 g/mol. The van der Waals surface area contributed by atoms with Crippen molar-refractivity contribution in [2.45, 2.75) is 6.92 Å². The first-order valence-corrected chi connectivity index (χ1v) is 5.38. The van der Waals surface area contributed by atoms with E-state index in [9.17, 15) is 0 Å². The fourth-order valence-corrected chi connectivity index (χ4v) is 1.63. The highest BCUT2D eigenvalue weighted by Crippen LogP contribution is 2.36. The predicted octanol–water partition coefficient (Wildman–Crippen LogP) is 2.75. The molecule has 0 spiro atoms. The summed E-state index contributed by atoms with van der Waals surface area (Å²) in [7, 11) is 1.55. The average molecular weight is 243 g/mol. The maximum Gasteiger partial charge on any atom is 0.179 e. The third kappa shape index (κ3) is 3.15. The van der Waals surface area contributed by atoms with Crippen molar-refractivity contribution in [3.05, 3.63) is 28.8 Å². The number of methoxy groups -OCH3 is 1. The van der Waals surface area contributed by atoms with Crippen LogP contribution in [-0.4, -0.2) is 25.4 Å². The van der Waals surface area contributed by atoms with Gasteiger partial charge in [0, 0.05) is 0 Å². The van der Waals surface area contributed by atoms with Gasteiger partial charge in [-0.3, -0.25) is 0 Å². The van der Waals surface area contributed by atoms with Crippen molar-refractivity contribution >= 4 is 17.7 Å². The molecule has 1 rings (SSSR count). The highest BCUT2D eigenvalue weighted by molar-refractivity contribution is 6.32. The van der Waals surface area contributed by atoms with Crippen LogP contribution in [0.15, 0.2) is 18.2 Å². The fourth-order valence-electron chi connectivity index (χ4n) is 1.33. The van der Waals surface area contributed by atoms with Gasteiger partial charge in [0.05, 0.1) is 25.3 Å². The summed E-state index contributed by atoms with van der Waals surface area (Å²) in [5, 5.41) is 9.19. The molecule has 0 radical (unpaired) electrons. The van der Waals surface area contributed by atoms with Crippen molar-refractivity contribution in [3.63, 3.8) is 0 Å². The quantitative estimate of drug-likeness (QED) is 0.863. The molecule has 0 bridgehead atoms. The van der Waals surface area contributed by atoms with Crippen LogP contribution in [0.5, 0.6) is 11.5 Å². The summed E-state index contributed by atoms with van der Waals surface area (Å²) in [6.45, 7) is 2.43. The van der Waals surface area contributed by atoms with Gasteiger partial charge in [-0.05, 0) is 24.6 Å². The Bertz CT molecular complexity index is 375. The minimum Gasteiger partial charge on any atom is -0.491 e. The van der Waals surface area contributed by atoms with Crippen LogP contribution in [0.2, 0.25) is 5.02 Å². The molecule has 0 amide bonds. The van der Waals surface area contributed by atoms with Crippen LogP contribution >= 0.6 is 11.6 Å². The fraction of sp³-hybridized carbons (Fsp3) is 0.333. The molecule has 1 aromatic rings. The molecule has 88 valence electrons. The second-order valence-electron chi connectivity index (χ2n) is 3.05. The standard InChI is InChI=1S/C12H15ClO3/c1-3-16-11-8-9(5-4-6-14)7-10(13)12(11)15-2/h4-5,7-8,14H,3,6H2,1-2H3. The van der Waals surface area contributed by atoms with Crippen LogP contribution in [0.4, 0.5) is 0 Å². The largest absolute Gasteiger partial charge is 0.491 e. The van der Waals surface area contributed by atoms with Gasteiger partial charge in [0.2, 0.25) is 0 Å². The molecule has 1 N–H and O–H groups in total. The van der Waals surface area contributed by atoms with E-state index in [-0.39, 0.29) is 6.61 Å². The Hall–Kier alpha value is -1.19. The molecule has 3 nitrogen and oxygen atoms in total. The normalized spacial score (nSPS) is 10.8. The van der Waals surface area contributed by atoms with E-state index in [1.165, 1.54) is 0 Å². The number of hydrogen-bond acceptors (Lipinski definition) is 3. The Morgan fingerprint density at radius 3 is 2.75 bits per heavy atom. The molecular weight excluding hydrogens is 228 g/mol. The van der Waals surface area contributed by atoms with Gasteiger partial charge in [0.1, 0.15) is 0 Å². The Labute approximate surface area is 100 Å². The van der Waals surface area contributed by atoms with E-state index in [0.29, 0.717) is 23.1 Å². The zero-order valence-corrected chi connectivity index (χ0v) is 10.1. The van der Waals surface area contributed by atoms with E-state index in [2.05, 4.69) is 0 Å². The van der Waals surface area contributed by atoms with E-state index in [1.807, 2.05) is 13.0 Å². The summed E-state index contributed by atoms with van der Waals surface area (Å²) >= 11 is 6.05. The van der Waals surface area contributed by atoms with Crippen molar-refractivity contribution in [1.29, 1.82) is 0 Å². The highest BCUT2D eigenvalue weighted by Gasteiger charge is 2.10. The van der Waals surface area contributed by atoms with Crippen LogP contribution in [0.3, 0.4) is 0 Å². The summed E-state index contributed by atoms with van der Waals surface area (Å²) in [5.74, 6) is 1.14. The molecular formula is C12H15ClO3. The smallest absolute Gasteiger partial charge is 0.179 e. The van der Waals surface area contributed by atoms with Crippen molar-refractivity contribution < 1.29 is 14.6 Å². The van der Waals surface area contributed by atoms with Gasteiger partial charge >= 0.3 is 0 Å². The molecule has 1 aromatic carbocycles. The average Bonchev–Trinajstić information content (AvgIpc) is 2.26. The number of halogens is 1. The Morgan fingerprint density at radius 2 is 2.19 bits per heavy atom. The van der Waals surface area contributed by atoms with Crippen molar-refractivity contribution in [1.82, 2.24) is 0 Å². The lowest BCUT2D eigenvalue weighted by Crippen LogP contribution is -1.96. The second kappa shape index (κ2) is 6.40. The highest BCUT2D eigenvalue weighted by atomic mass is 35.5. The van der Waals surface area contributed by atoms with Gasteiger partial charge in [-0.1, -0.05) is 23.8 Å². The van der Waals surface area contributed by atoms with Crippen molar-refractivity contribution in [2.75, 3.05) is 20.3 Å². The SMILES string of the molecule is CCOc1cc(C=CCO)cc(Cl)c1OC. The first-order valence-electron chi connectivity index (χ1n) is 5.00. The molecule has 0 saturated carbocycles. The summed E-state index contributed by atoms with van der Waals surface area (Å²) in [5.41, 5.74) is 0.864. The molecule has 0 unspecified atom stereocenters. The lowest BCUT2D eigenvalue weighted by molar-refractivity contribution is 0.311. The van der Waals surface area contributed by atoms with Gasteiger partial charge in [0.15, 0.2) is 11.5 Å². The molecule has 4 heteroatoms. The Kier molecular flexibility index (Phi) is 5.15. The third-order valence-corrected chi connectivity index (χ3v) is 2.23. The van der Waals surface area contributed by atoms with E-state index in [4.69, 9.17) is 26.2 Å². The van der Waals surface area contributed by atoms with Gasteiger partial charge < -0.3 is 14.6 Å². The molecule has 0 aromatic heterocycles. The predicted molar refractivity (Wildman–Crippen MR) is 65.3 cm³/mol. The summed E-state index contributed by atoms with van der Waals surface area (Å²) in [6.07, 6.45) is 3.40. The van der Waals surface area contributed by atoms with E-state index < -0.39 is 0 Å². The summed E-state index contributed by atoms with van der Waals surface area (Å²) in [6, 6.07) is 3.58. The number of hydrogen-bond donors (Lipinski definition) is 1. The minimum absolute atomic E-state index is 0.00633. The van der Waals surface area contributed by atoms with Gasteiger partial charge in [-0.2, -0.15) is 0 Å². The lowest BCUT2D eigenvalue weighted by Gasteiger charge is -2.11. The maximum absolute atomic E-state index is 8.69. The molecule has 0 fully saturated rings. The Morgan fingerprint density at radius 1 is 1.44 bits per heavy atom. The summed E-state index contributed by atoms with van der Waals surface area (Å²) < 4.78 is 10.6. The molecule has 0 heterocycles. The summed E-state index contributed by atoms with van der Waals surface area (Å²) in [4.78, 5) is 0. The topological polar surface area (TPSA) is 38.7 Å². The number of benzene rings is 1. The Balaban J connectivity index is 3.11. The van der Waals surface area contributed by atoms with Crippen LogP contribution < -0.4 is 9.47 Å². The number of rotatable bonds is 5. The molecule has 0 atom stereocenters. The van der Waals surface area contributed by atoms with Crippen LogP contribution in [0.1, 0.15) is 12.5 Å². The zero-order valence-electron chi connectivity index (χ0n) is 9.37. The molecule has 0 aliphatic rings. The van der Waals surface area contributed by atoms with Crippen molar-refractivity contribution in [3.8, 4) is 11.5 Å². The first-order chi connectivity index (χ1) is 7.72. The van der Waals surface area contributed by atoms with E-state index in [0.717, 1.165) is 5.56 Å². The number of ether oxygens (including phenoxy) is 2. The third-order valence-electron chi connectivity index (χ3n) is 1.95. The van der Waals surface area contributed by atoms with Crippen LogP contribution in [-0.2, 0) is 0 Å². The second-order valence-corrected chi connectivity index (χ2v) is 3.46. The van der Waals surface area contributed by atoms with Crippen molar-refractivity contribution in [2.24, 2.45) is 0 Å². The zero-order chi connectivity index (χ0) is 12.0. The van der Waals surface area contributed by atoms with Gasteiger partial charge in [0.25, 0.3) is 0 Å². The van der Waals surface area contributed by atoms with E-state index >= 15 is 0 Å². The number of aliphatic hydroxyl groups is 1. The van der Waals surface area contributed by atoms with Crippen LogP contribution in [0.25, 0.3) is 6.08 Å². The minimum atomic E-state index is -0.00633. The molecule has 16 heavy (non-hydrogen) atoms. The molecule has 0 aliphatic carbocycles. The lowest BCUT2D eigenvalue weighted by atomic mass is 10.2. The molecule has 0 aliphatic heterocycles. The van der Waals surface area contributed by atoms with Crippen LogP contribution in [0, 0.1) is 0 Å². The van der Waals surface area contributed by atoms with E-state index in [1.54, 1.807) is 25.3 Å². The molecule has 0 saturated heterocycles. The van der Waals surface area contributed by atoms with Gasteiger partial charge in [-0.25, -0.2) is 0 Å².